The molecule has 202 valence electrons. The van der Waals surface area contributed by atoms with E-state index in [1.165, 1.54) is 11.8 Å². The van der Waals surface area contributed by atoms with E-state index in [1.54, 1.807) is 36.0 Å². The fourth-order valence-corrected chi connectivity index (χ4v) is 5.81. The zero-order chi connectivity index (χ0) is 27.6. The Morgan fingerprint density at radius 3 is 2.71 bits per heavy atom. The topological polar surface area (TPSA) is 58.3 Å². The number of carbonyl (C=O) groups is 1. The number of esters is 1. The first-order valence-electron chi connectivity index (χ1n) is 12.3. The van der Waals surface area contributed by atoms with Crippen LogP contribution < -0.4 is 0 Å². The Kier molecular flexibility index (Phi) is 8.82. The van der Waals surface area contributed by atoms with Crippen molar-refractivity contribution in [3.63, 3.8) is 0 Å². The highest BCUT2D eigenvalue weighted by Gasteiger charge is 2.32. The molecule has 0 N–H and O–H groups in total. The molecule has 2 aromatic heterocycles. The van der Waals surface area contributed by atoms with E-state index in [0.29, 0.717) is 30.8 Å². The number of fused-ring (bicyclic) bond motifs is 1. The summed E-state index contributed by atoms with van der Waals surface area (Å²) in [5.41, 5.74) is 2.42. The fourth-order valence-electron chi connectivity index (χ4n) is 3.90. The van der Waals surface area contributed by atoms with Crippen LogP contribution in [-0.2, 0) is 26.6 Å². The van der Waals surface area contributed by atoms with Crippen LogP contribution in [0.2, 0.25) is 5.02 Å². The second-order valence-electron chi connectivity index (χ2n) is 9.71. The molecule has 0 fully saturated rings. The van der Waals surface area contributed by atoms with Crippen molar-refractivity contribution in [2.75, 3.05) is 19.5 Å². The van der Waals surface area contributed by atoms with Crippen molar-refractivity contribution in [3.05, 3.63) is 70.9 Å². The van der Waals surface area contributed by atoms with E-state index in [-0.39, 0.29) is 26.9 Å². The molecule has 0 amide bonds. The van der Waals surface area contributed by atoms with Gasteiger partial charge in [-0.15, -0.1) is 0 Å². The quantitative estimate of drug-likeness (QED) is 0.155. The monoisotopic (exact) mass is 576 g/mol. The van der Waals surface area contributed by atoms with Gasteiger partial charge in [-0.25, -0.2) is 9.18 Å². The molecule has 2 heterocycles. The summed E-state index contributed by atoms with van der Waals surface area (Å²) >= 11 is 7.49. The largest absolute Gasteiger partial charge is 0.462 e. The Morgan fingerprint density at radius 2 is 2.00 bits per heavy atom. The number of nitrogens with zero attached hydrogens (tertiary/aromatic N) is 3. The molecular formula is C28H32ClFN3O3S2+. The lowest BCUT2D eigenvalue weighted by atomic mass is 10.2. The summed E-state index contributed by atoms with van der Waals surface area (Å²) < 4.78 is 30.4. The number of rotatable bonds is 9. The van der Waals surface area contributed by atoms with Gasteiger partial charge in [-0.1, -0.05) is 29.4 Å². The van der Waals surface area contributed by atoms with E-state index in [9.17, 15) is 4.79 Å². The molecule has 1 unspecified atom stereocenters. The molecule has 10 heteroatoms. The third-order valence-electron chi connectivity index (χ3n) is 6.09. The molecule has 6 nitrogen and oxygen atoms in total. The number of aromatic nitrogens is 3. The van der Waals surface area contributed by atoms with Crippen LogP contribution in [0.1, 0.15) is 43.7 Å². The number of halogens is 2. The average Bonchev–Trinajstić information content (AvgIpc) is 3.44. The number of benzene rings is 2. The van der Waals surface area contributed by atoms with Gasteiger partial charge >= 0.3 is 5.97 Å². The number of carbonyl (C=O) groups excluding carboxylic acids is 1. The molecule has 0 saturated heterocycles. The molecule has 0 aliphatic rings. The predicted molar refractivity (Wildman–Crippen MR) is 154 cm³/mol. The maximum atomic E-state index is 15.5. The van der Waals surface area contributed by atoms with Gasteiger partial charge in [0.1, 0.15) is 24.0 Å². The number of ether oxygens (including phenoxy) is 1. The molecule has 4 aromatic rings. The summed E-state index contributed by atoms with van der Waals surface area (Å²) in [6.07, 6.45) is 5.70. The van der Waals surface area contributed by atoms with Gasteiger partial charge in [-0.2, -0.15) is 9.28 Å². The van der Waals surface area contributed by atoms with E-state index in [1.807, 2.05) is 35.9 Å². The van der Waals surface area contributed by atoms with E-state index in [2.05, 4.69) is 32.1 Å². The van der Waals surface area contributed by atoms with Gasteiger partial charge in [-0.3, -0.25) is 4.68 Å². The maximum Gasteiger partial charge on any atom is 0.338 e. The lowest BCUT2D eigenvalue weighted by Crippen LogP contribution is -2.30. The Balaban J connectivity index is 1.68. The Labute approximate surface area is 235 Å². The van der Waals surface area contributed by atoms with Crippen molar-refractivity contribution in [1.29, 1.82) is 0 Å². The minimum atomic E-state index is -0.490. The molecule has 0 aliphatic carbocycles. The average molecular weight is 577 g/mol. The minimum absolute atomic E-state index is 0.0510. The van der Waals surface area contributed by atoms with Crippen molar-refractivity contribution in [1.82, 2.24) is 14.3 Å². The molecule has 0 spiro atoms. The van der Waals surface area contributed by atoms with Crippen LogP contribution in [0.15, 0.2) is 58.6 Å². The predicted octanol–water partition coefficient (Wildman–Crippen LogP) is 7.23. The first-order valence-corrected chi connectivity index (χ1v) is 15.0. The van der Waals surface area contributed by atoms with Crippen LogP contribution >= 0.6 is 23.4 Å². The highest BCUT2D eigenvalue weighted by Crippen LogP contribution is 2.42. The SMILES string of the molecule is CCOC(=O)c1cccc(Sc2c(C)n(-c3cnn(CCO[S+](C)C(C)(C)C)c3)c3c(F)c(Cl)ccc23)c1. The maximum absolute atomic E-state index is 15.5. The minimum Gasteiger partial charge on any atom is -0.462 e. The Hall–Kier alpha value is -2.46. The lowest BCUT2D eigenvalue weighted by Gasteiger charge is -2.15. The van der Waals surface area contributed by atoms with Gasteiger partial charge < -0.3 is 9.30 Å². The Morgan fingerprint density at radius 1 is 1.24 bits per heavy atom. The first-order chi connectivity index (χ1) is 18.0. The van der Waals surface area contributed by atoms with Crippen molar-refractivity contribution in [2.24, 2.45) is 0 Å². The van der Waals surface area contributed by atoms with Gasteiger partial charge in [0.25, 0.3) is 0 Å². The van der Waals surface area contributed by atoms with Crippen molar-refractivity contribution in [3.8, 4) is 5.69 Å². The second kappa shape index (κ2) is 11.7. The highest BCUT2D eigenvalue weighted by molar-refractivity contribution is 7.99. The molecule has 2 aromatic carbocycles. The van der Waals surface area contributed by atoms with Gasteiger partial charge in [0.15, 0.2) is 10.6 Å². The van der Waals surface area contributed by atoms with Crippen LogP contribution in [-0.4, -0.2) is 44.5 Å². The van der Waals surface area contributed by atoms with Gasteiger partial charge in [0.05, 0.1) is 41.1 Å². The molecule has 0 saturated carbocycles. The highest BCUT2D eigenvalue weighted by atomic mass is 35.5. The summed E-state index contributed by atoms with van der Waals surface area (Å²) in [7, 11) is 0. The molecule has 0 bridgehead atoms. The van der Waals surface area contributed by atoms with Crippen LogP contribution in [0.3, 0.4) is 0 Å². The lowest BCUT2D eigenvalue weighted by molar-refractivity contribution is 0.0526. The zero-order valence-corrected chi connectivity index (χ0v) is 24.8. The standard InChI is InChI=1S/C28H32ClFN3O3S2/c1-7-35-27(34)19-9-8-10-21(15-19)37-26-18(2)33(25-22(26)11-12-23(29)24(25)30)20-16-31-32(17-20)13-14-36-38(6)28(3,4)5/h8-12,15-17H,7,13-14H2,1-6H3/q+1. The second-order valence-corrected chi connectivity index (χ2v) is 13.6. The molecule has 0 radical (unpaired) electrons. The number of hydrogen-bond donors (Lipinski definition) is 0. The normalized spacial score (nSPS) is 12.7. The molecule has 0 aliphatic heterocycles. The van der Waals surface area contributed by atoms with Crippen LogP contribution in [0.5, 0.6) is 0 Å². The van der Waals surface area contributed by atoms with E-state index in [0.717, 1.165) is 26.6 Å². The van der Waals surface area contributed by atoms with Gasteiger partial charge in [0, 0.05) is 27.1 Å². The third-order valence-corrected chi connectivity index (χ3v) is 9.83. The van der Waals surface area contributed by atoms with Crippen LogP contribution in [0.25, 0.3) is 16.6 Å². The van der Waals surface area contributed by atoms with Crippen molar-refractivity contribution in [2.45, 2.75) is 55.7 Å². The summed E-state index contributed by atoms with van der Waals surface area (Å²) in [5.74, 6) is -0.864. The van der Waals surface area contributed by atoms with E-state index < -0.39 is 5.82 Å². The van der Waals surface area contributed by atoms with Crippen molar-refractivity contribution >= 4 is 51.4 Å². The van der Waals surface area contributed by atoms with E-state index in [4.69, 9.17) is 20.5 Å². The molecule has 1 atom stereocenters. The summed E-state index contributed by atoms with van der Waals surface area (Å²) in [6.45, 7) is 11.6. The molecule has 4 rings (SSSR count). The summed E-state index contributed by atoms with van der Waals surface area (Å²) in [5, 5.41) is 5.28. The third kappa shape index (κ3) is 6.06. The summed E-state index contributed by atoms with van der Waals surface area (Å²) in [6, 6.07) is 10.6. The Bertz CT molecular complexity index is 1460. The van der Waals surface area contributed by atoms with E-state index >= 15 is 4.39 Å². The smallest absolute Gasteiger partial charge is 0.338 e. The molecule has 38 heavy (non-hydrogen) atoms. The summed E-state index contributed by atoms with van der Waals surface area (Å²) in [4.78, 5) is 14.0. The van der Waals surface area contributed by atoms with Gasteiger partial charge in [-0.05, 0) is 65.0 Å². The van der Waals surface area contributed by atoms with Crippen molar-refractivity contribution < 1.29 is 18.1 Å². The zero-order valence-electron chi connectivity index (χ0n) is 22.4. The van der Waals surface area contributed by atoms with Gasteiger partial charge in [0.2, 0.25) is 0 Å². The van der Waals surface area contributed by atoms with Crippen LogP contribution in [0.4, 0.5) is 4.39 Å². The first kappa shape index (κ1) is 28.5. The molecular weight excluding hydrogens is 545 g/mol. The fraction of sp³-hybridized carbons (Fsp3) is 0.357. The van der Waals surface area contributed by atoms with Crippen LogP contribution in [0, 0.1) is 12.7 Å². The number of hydrogen-bond acceptors (Lipinski definition) is 5.